The van der Waals surface area contributed by atoms with Crippen LogP contribution in [0.4, 0.5) is 0 Å². The minimum absolute atomic E-state index is 0.00765. The molecule has 0 bridgehead atoms. The molecule has 3 aromatic rings. The van der Waals surface area contributed by atoms with Crippen LogP contribution >= 0.6 is 0 Å². The van der Waals surface area contributed by atoms with Crippen molar-refractivity contribution in [3.05, 3.63) is 100 Å². The molecule has 0 saturated carbocycles. The van der Waals surface area contributed by atoms with Crippen LogP contribution in [0.1, 0.15) is 40.7 Å². The van der Waals surface area contributed by atoms with Gasteiger partial charge in [0.2, 0.25) is 12.0 Å². The van der Waals surface area contributed by atoms with Crippen molar-refractivity contribution >= 4 is 18.2 Å². The van der Waals surface area contributed by atoms with Crippen molar-refractivity contribution in [3.63, 3.8) is 0 Å². The van der Waals surface area contributed by atoms with Gasteiger partial charge >= 0.3 is 11.9 Å². The minimum Gasteiger partial charge on any atom is -0.493 e. The number of methoxy groups -OCH3 is 1. The zero-order chi connectivity index (χ0) is 42.2. The topological polar surface area (TPSA) is 269 Å². The molecule has 1 fully saturated rings. The number of aliphatic hydroxyl groups excluding tert-OH is 4. The molecule has 3 aromatic carbocycles. The first kappa shape index (κ1) is 41.2. The summed E-state index contributed by atoms with van der Waals surface area (Å²) in [5.74, 6) is -1.20. The summed E-state index contributed by atoms with van der Waals surface area (Å²) >= 11 is 0. The van der Waals surface area contributed by atoms with E-state index in [1.54, 1.807) is 24.4 Å². The molecule has 60 heavy (non-hydrogen) atoms. The lowest BCUT2D eigenvalue weighted by atomic mass is 9.80. The van der Waals surface area contributed by atoms with E-state index in [4.69, 9.17) is 49.7 Å². The molecule has 5 aliphatic rings. The van der Waals surface area contributed by atoms with Crippen molar-refractivity contribution in [1.29, 1.82) is 0 Å². The number of nitrogens with two attached hydrogens (primary N) is 2. The van der Waals surface area contributed by atoms with Crippen molar-refractivity contribution in [1.82, 2.24) is 0 Å². The van der Waals surface area contributed by atoms with E-state index in [0.717, 1.165) is 38.4 Å². The monoisotopic (exact) mass is 831 g/mol. The van der Waals surface area contributed by atoms with Crippen molar-refractivity contribution in [3.8, 4) is 28.7 Å². The summed E-state index contributed by atoms with van der Waals surface area (Å²) in [7, 11) is 1.53. The molecule has 0 radical (unpaired) electrons. The highest BCUT2D eigenvalue weighted by atomic mass is 16.7. The van der Waals surface area contributed by atoms with Crippen LogP contribution in [0.2, 0.25) is 0 Å². The first-order chi connectivity index (χ1) is 28.9. The molecule has 0 aliphatic carbocycles. The number of carboxylic acid groups (broad SMARTS) is 1. The molecule has 5 aliphatic heterocycles. The molecule has 10 unspecified atom stereocenters. The number of hydrogen-bond acceptors (Lipinski definition) is 16. The van der Waals surface area contributed by atoms with Gasteiger partial charge in [-0.15, -0.1) is 0 Å². The molecule has 0 aromatic heterocycles. The molecule has 18 nitrogen and oxygen atoms in total. The Morgan fingerprint density at radius 1 is 1.03 bits per heavy atom. The lowest BCUT2D eigenvalue weighted by Gasteiger charge is -2.43. The second-order valence-electron chi connectivity index (χ2n) is 15.2. The van der Waals surface area contributed by atoms with Crippen LogP contribution in [0.3, 0.4) is 0 Å². The van der Waals surface area contributed by atoms with Gasteiger partial charge in [-0.3, -0.25) is 19.5 Å². The third kappa shape index (κ3) is 8.03. The van der Waals surface area contributed by atoms with E-state index in [1.165, 1.54) is 7.11 Å². The van der Waals surface area contributed by atoms with Gasteiger partial charge in [0, 0.05) is 41.0 Å². The lowest BCUT2D eigenvalue weighted by Crippen LogP contribution is -3.04. The van der Waals surface area contributed by atoms with Crippen molar-refractivity contribution in [2.45, 2.75) is 80.5 Å². The van der Waals surface area contributed by atoms with Gasteiger partial charge in [-0.25, -0.2) is 0 Å². The number of carbonyl (C=O) groups is 2. The third-order valence-corrected chi connectivity index (χ3v) is 11.2. The van der Waals surface area contributed by atoms with E-state index < -0.39 is 73.5 Å². The molecule has 18 heteroatoms. The fourth-order valence-corrected chi connectivity index (χ4v) is 8.49. The smallest absolute Gasteiger partial charge is 0.317 e. The molecule has 0 spiro atoms. The van der Waals surface area contributed by atoms with Crippen LogP contribution in [0, 0.1) is 0 Å². The number of nitrogens with zero attached hydrogens (tertiary/aromatic N) is 1. The lowest BCUT2D eigenvalue weighted by molar-refractivity contribution is -0.851. The summed E-state index contributed by atoms with van der Waals surface area (Å²) in [6.07, 6.45) is -7.92. The van der Waals surface area contributed by atoms with Crippen LogP contribution in [-0.4, -0.2) is 120 Å². The number of fused-ring (bicyclic) bond motifs is 6. The maximum absolute atomic E-state index is 12.3. The number of rotatable bonds is 15. The number of carboxylic acids is 1. The van der Waals surface area contributed by atoms with Gasteiger partial charge in [0.1, 0.15) is 86.1 Å². The number of aliphatic imine (C=N–C) groups is 1. The van der Waals surface area contributed by atoms with Crippen molar-refractivity contribution in [2.75, 3.05) is 26.9 Å². The number of benzene rings is 3. The fourth-order valence-electron chi connectivity index (χ4n) is 8.49. The molecule has 8 rings (SSSR count). The fraction of sp³-hybridized carbons (Fsp3) is 0.405. The second kappa shape index (κ2) is 17.2. The Kier molecular flexibility index (Phi) is 11.8. The molecule has 5 heterocycles. The van der Waals surface area contributed by atoms with Crippen LogP contribution in [0.25, 0.3) is 0 Å². The van der Waals surface area contributed by atoms with E-state index in [2.05, 4.69) is 4.99 Å². The predicted octanol–water partition coefficient (Wildman–Crippen LogP) is -0.646. The number of allylic oxidation sites excluding steroid dienone is 1. The molecular formula is C42H47N4O14+. The Bertz CT molecular complexity index is 2200. The SMILES string of the molecule is COc1ccc2c(c1OCCO)OC1c3c(C[NH+]4C=C5N=CC=C5C4)cc(OC4OC(C(OC(=O)CC(=O)O)C(N)N)C(O)C(O)C4O)cc3OC(Cc3ccccc3)C21. The molecule has 0 amide bonds. The molecule has 10 N–H and O–H groups in total. The number of ether oxygens (including phenoxy) is 7. The van der Waals surface area contributed by atoms with Gasteiger partial charge in [0.25, 0.3) is 0 Å². The summed E-state index contributed by atoms with van der Waals surface area (Å²) in [6.45, 7) is 0.837. The van der Waals surface area contributed by atoms with Gasteiger partial charge in [-0.2, -0.15) is 0 Å². The zero-order valence-electron chi connectivity index (χ0n) is 32.5. The summed E-state index contributed by atoms with van der Waals surface area (Å²) in [6, 6.07) is 17.0. The van der Waals surface area contributed by atoms with Gasteiger partial charge in [0.15, 0.2) is 17.6 Å². The number of quaternary nitrogens is 1. The third-order valence-electron chi connectivity index (χ3n) is 11.2. The summed E-state index contributed by atoms with van der Waals surface area (Å²) in [5, 5.41) is 51.9. The Hall–Kier alpha value is -5.57. The largest absolute Gasteiger partial charge is 0.493 e. The quantitative estimate of drug-likeness (QED) is 0.0538. The highest BCUT2D eigenvalue weighted by Crippen LogP contribution is 2.59. The molecule has 318 valence electrons. The predicted molar refractivity (Wildman–Crippen MR) is 208 cm³/mol. The summed E-state index contributed by atoms with van der Waals surface area (Å²) in [5.41, 5.74) is 17.1. The normalized spacial score (nSPS) is 27.6. The Morgan fingerprint density at radius 3 is 2.55 bits per heavy atom. The van der Waals surface area contributed by atoms with E-state index in [1.807, 2.05) is 48.7 Å². The number of hydrogen-bond donors (Lipinski definition) is 8. The highest BCUT2D eigenvalue weighted by molar-refractivity contribution is 5.90. The standard InChI is InChI=1S/C42H46N4O14/c1-54-26-8-7-24-32-27(13-20-5-3-2-4-6-20)57-28-15-23(56-42-35(53)33(51)34(52)39(60-42)40(41(43)44)58-30(50)16-29(48)49)14-22(18-46-17-21-9-10-45-25(21)19-46)31(28)38(32)59-36(24)37(26)55-12-11-47/h2-10,14-15,19,27,32-35,38-42,47,51-53H,11-13,16-18,43-44H2,1H3,(H,48,49)/p+1. The Labute approximate surface area is 343 Å². The van der Waals surface area contributed by atoms with Crippen molar-refractivity contribution in [2.24, 2.45) is 16.5 Å². The maximum Gasteiger partial charge on any atom is 0.317 e. The number of carbonyl (C=O) groups excluding carboxylic acids is 1. The second-order valence-corrected chi connectivity index (χ2v) is 15.2. The van der Waals surface area contributed by atoms with E-state index in [-0.39, 0.29) is 24.9 Å². The van der Waals surface area contributed by atoms with E-state index >= 15 is 0 Å². The Morgan fingerprint density at radius 2 is 1.83 bits per heavy atom. The number of esters is 1. The molecule has 1 saturated heterocycles. The molecular weight excluding hydrogens is 784 g/mol. The van der Waals surface area contributed by atoms with Gasteiger partial charge in [0.05, 0.1) is 25.8 Å². The number of nitrogens with one attached hydrogen (secondary N) is 1. The van der Waals surface area contributed by atoms with E-state index in [0.29, 0.717) is 42.5 Å². The van der Waals surface area contributed by atoms with Gasteiger partial charge in [-0.05, 0) is 23.8 Å². The average Bonchev–Trinajstić information content (AvgIpc) is 3.93. The average molecular weight is 832 g/mol. The highest BCUT2D eigenvalue weighted by Gasteiger charge is 2.52. The van der Waals surface area contributed by atoms with Crippen LogP contribution in [-0.2, 0) is 32.0 Å². The number of aliphatic hydroxyl groups is 4. The van der Waals surface area contributed by atoms with Gasteiger partial charge in [-0.1, -0.05) is 36.4 Å². The summed E-state index contributed by atoms with van der Waals surface area (Å²) in [4.78, 5) is 29.0. The maximum atomic E-state index is 12.3. The first-order valence-corrected chi connectivity index (χ1v) is 19.5. The minimum atomic E-state index is -1.89. The van der Waals surface area contributed by atoms with Gasteiger partial charge < -0.3 is 70.2 Å². The molecule has 10 atom stereocenters. The number of aliphatic carboxylic acids is 1. The van der Waals surface area contributed by atoms with Crippen molar-refractivity contribution < 1.29 is 73.2 Å². The zero-order valence-corrected chi connectivity index (χ0v) is 32.5. The Balaban J connectivity index is 1.19. The van der Waals surface area contributed by atoms with Crippen LogP contribution in [0.5, 0.6) is 28.7 Å². The first-order valence-electron chi connectivity index (χ1n) is 19.5. The van der Waals surface area contributed by atoms with Crippen LogP contribution in [0.15, 0.2) is 83.1 Å². The summed E-state index contributed by atoms with van der Waals surface area (Å²) < 4.78 is 43.0. The van der Waals surface area contributed by atoms with Crippen LogP contribution < -0.4 is 40.1 Å². The van der Waals surface area contributed by atoms with E-state index in [9.17, 15) is 30.0 Å².